The number of rotatable bonds is 1. The van der Waals surface area contributed by atoms with E-state index in [2.05, 4.69) is 22.1 Å². The van der Waals surface area contributed by atoms with Crippen LogP contribution in [0.5, 0.6) is 0 Å². The summed E-state index contributed by atoms with van der Waals surface area (Å²) in [4.78, 5) is 8.95. The summed E-state index contributed by atoms with van der Waals surface area (Å²) in [5, 5.41) is 0.595. The lowest BCUT2D eigenvalue weighted by molar-refractivity contribution is 1.14. The zero-order valence-electron chi connectivity index (χ0n) is 10.3. The summed E-state index contributed by atoms with van der Waals surface area (Å²) in [5.74, 6) is 0. The van der Waals surface area contributed by atoms with E-state index in [-0.39, 0.29) is 0 Å². The number of benzene rings is 1. The van der Waals surface area contributed by atoms with Gasteiger partial charge in [-0.1, -0.05) is 41.7 Å². The van der Waals surface area contributed by atoms with E-state index in [0.717, 1.165) is 32.7 Å². The van der Waals surface area contributed by atoms with Gasteiger partial charge in [0.1, 0.15) is 5.52 Å². The normalized spacial score (nSPS) is 11.0. The predicted octanol–water partition coefficient (Wildman–Crippen LogP) is 3.56. The van der Waals surface area contributed by atoms with Crippen LogP contribution in [0.4, 0.5) is 5.13 Å². The van der Waals surface area contributed by atoms with Crippen LogP contribution in [0.15, 0.2) is 30.3 Å². The first-order valence-corrected chi connectivity index (χ1v) is 6.57. The number of anilines is 1. The van der Waals surface area contributed by atoms with Crippen molar-refractivity contribution in [2.24, 2.45) is 0 Å². The van der Waals surface area contributed by atoms with E-state index in [1.807, 2.05) is 32.0 Å². The summed E-state index contributed by atoms with van der Waals surface area (Å²) in [6.45, 7) is 4.01. The maximum atomic E-state index is 5.84. The smallest absolute Gasteiger partial charge is 0.181 e. The van der Waals surface area contributed by atoms with Crippen LogP contribution in [0.1, 0.15) is 11.4 Å². The molecule has 3 nitrogen and oxygen atoms in total. The summed E-state index contributed by atoms with van der Waals surface area (Å²) in [6.07, 6.45) is 0. The molecule has 3 rings (SSSR count). The van der Waals surface area contributed by atoms with E-state index in [0.29, 0.717) is 5.13 Å². The molecule has 0 radical (unpaired) electrons. The highest BCUT2D eigenvalue weighted by molar-refractivity contribution is 7.22. The fourth-order valence-corrected chi connectivity index (χ4v) is 3.22. The minimum Gasteiger partial charge on any atom is -0.375 e. The molecule has 2 aromatic heterocycles. The molecular weight excluding hydrogens is 242 g/mol. The highest BCUT2D eigenvalue weighted by atomic mass is 32.1. The molecular formula is C14H13N3S. The third-order valence-corrected chi connectivity index (χ3v) is 3.88. The number of nitrogens with two attached hydrogens (primary N) is 1. The highest BCUT2D eigenvalue weighted by Crippen LogP contribution is 2.36. The number of fused-ring (bicyclic) bond motifs is 1. The van der Waals surface area contributed by atoms with Crippen molar-refractivity contribution in [1.29, 1.82) is 0 Å². The van der Waals surface area contributed by atoms with E-state index in [9.17, 15) is 0 Å². The van der Waals surface area contributed by atoms with Gasteiger partial charge in [0.05, 0.1) is 10.4 Å². The molecule has 0 aliphatic carbocycles. The molecule has 0 aliphatic rings. The van der Waals surface area contributed by atoms with E-state index < -0.39 is 0 Å². The Labute approximate surface area is 109 Å². The molecule has 3 aromatic rings. The molecule has 90 valence electrons. The van der Waals surface area contributed by atoms with Crippen LogP contribution < -0.4 is 5.73 Å². The molecule has 0 amide bonds. The van der Waals surface area contributed by atoms with Crippen molar-refractivity contribution in [1.82, 2.24) is 9.97 Å². The highest BCUT2D eigenvalue weighted by Gasteiger charge is 2.14. The maximum absolute atomic E-state index is 5.84. The Balaban J connectivity index is 2.42. The average molecular weight is 255 g/mol. The van der Waals surface area contributed by atoms with Crippen molar-refractivity contribution in [3.05, 3.63) is 41.7 Å². The van der Waals surface area contributed by atoms with Gasteiger partial charge in [0.25, 0.3) is 0 Å². The zero-order valence-corrected chi connectivity index (χ0v) is 11.1. The second-order valence-corrected chi connectivity index (χ2v) is 5.28. The van der Waals surface area contributed by atoms with Crippen LogP contribution >= 0.6 is 11.3 Å². The number of aryl methyl sites for hydroxylation is 2. The Morgan fingerprint density at radius 1 is 1.00 bits per heavy atom. The van der Waals surface area contributed by atoms with Gasteiger partial charge in [0.2, 0.25) is 0 Å². The van der Waals surface area contributed by atoms with Gasteiger partial charge in [0.15, 0.2) is 5.13 Å². The molecule has 0 saturated heterocycles. The molecule has 4 heteroatoms. The lowest BCUT2D eigenvalue weighted by Crippen LogP contribution is -1.92. The second kappa shape index (κ2) is 4.07. The summed E-state index contributed by atoms with van der Waals surface area (Å²) in [5.41, 5.74) is 11.0. The monoisotopic (exact) mass is 255 g/mol. The quantitative estimate of drug-likeness (QED) is 0.723. The molecule has 18 heavy (non-hydrogen) atoms. The molecule has 1 aromatic carbocycles. The standard InChI is InChI=1S/C14H13N3S/c1-8-11(10-6-4-3-5-7-10)13-12(9(2)16-8)17-14(15)18-13/h3-7H,1-2H3,(H2,15,17). The summed E-state index contributed by atoms with van der Waals surface area (Å²) >= 11 is 1.53. The van der Waals surface area contributed by atoms with Gasteiger partial charge >= 0.3 is 0 Å². The van der Waals surface area contributed by atoms with E-state index in [1.165, 1.54) is 11.3 Å². The fourth-order valence-electron chi connectivity index (χ4n) is 2.22. The van der Waals surface area contributed by atoms with Crippen LogP contribution in [0.2, 0.25) is 0 Å². The topological polar surface area (TPSA) is 51.8 Å². The average Bonchev–Trinajstić information content (AvgIpc) is 2.72. The number of pyridine rings is 1. The lowest BCUT2D eigenvalue weighted by atomic mass is 10.0. The SMILES string of the molecule is Cc1nc(C)c2nc(N)sc2c1-c1ccccc1. The van der Waals surface area contributed by atoms with Gasteiger partial charge in [-0.2, -0.15) is 0 Å². The Hall–Kier alpha value is -1.94. The van der Waals surface area contributed by atoms with Gasteiger partial charge in [-0.25, -0.2) is 4.98 Å². The van der Waals surface area contributed by atoms with E-state index >= 15 is 0 Å². The zero-order chi connectivity index (χ0) is 12.7. The molecule has 2 N–H and O–H groups in total. The summed E-state index contributed by atoms with van der Waals surface area (Å²) < 4.78 is 1.13. The summed E-state index contributed by atoms with van der Waals surface area (Å²) in [7, 11) is 0. The van der Waals surface area contributed by atoms with Crippen LogP contribution in [0, 0.1) is 13.8 Å². The van der Waals surface area contributed by atoms with Gasteiger partial charge in [0, 0.05) is 11.3 Å². The molecule has 0 aliphatic heterocycles. The molecule has 0 unspecified atom stereocenters. The molecule has 0 atom stereocenters. The molecule has 0 bridgehead atoms. The minimum absolute atomic E-state index is 0.595. The largest absolute Gasteiger partial charge is 0.375 e. The third-order valence-electron chi connectivity index (χ3n) is 2.97. The first-order valence-electron chi connectivity index (χ1n) is 5.75. The first-order chi connectivity index (χ1) is 8.66. The lowest BCUT2D eigenvalue weighted by Gasteiger charge is -2.07. The number of aromatic nitrogens is 2. The van der Waals surface area contributed by atoms with Gasteiger partial charge in [-0.3, -0.25) is 4.98 Å². The van der Waals surface area contributed by atoms with E-state index in [1.54, 1.807) is 0 Å². The maximum Gasteiger partial charge on any atom is 0.181 e. The number of hydrogen-bond donors (Lipinski definition) is 1. The predicted molar refractivity (Wildman–Crippen MR) is 76.7 cm³/mol. The Bertz CT molecular complexity index is 717. The van der Waals surface area contributed by atoms with Crippen molar-refractivity contribution in [3.63, 3.8) is 0 Å². The third kappa shape index (κ3) is 1.66. The minimum atomic E-state index is 0.595. The Morgan fingerprint density at radius 3 is 2.44 bits per heavy atom. The number of hydrogen-bond acceptors (Lipinski definition) is 4. The first kappa shape index (κ1) is 11.2. The number of nitrogen functional groups attached to an aromatic ring is 1. The van der Waals surface area contributed by atoms with Gasteiger partial charge < -0.3 is 5.73 Å². The number of nitrogens with zero attached hydrogens (tertiary/aromatic N) is 2. The van der Waals surface area contributed by atoms with Crippen LogP contribution in [0.25, 0.3) is 21.3 Å². The van der Waals surface area contributed by atoms with Crippen LogP contribution in [-0.2, 0) is 0 Å². The Morgan fingerprint density at radius 2 is 1.72 bits per heavy atom. The van der Waals surface area contributed by atoms with Crippen LogP contribution in [-0.4, -0.2) is 9.97 Å². The molecule has 0 spiro atoms. The number of thiazole rings is 1. The van der Waals surface area contributed by atoms with Gasteiger partial charge in [-0.15, -0.1) is 0 Å². The van der Waals surface area contributed by atoms with Crippen molar-refractivity contribution < 1.29 is 0 Å². The summed E-state index contributed by atoms with van der Waals surface area (Å²) in [6, 6.07) is 10.3. The second-order valence-electron chi connectivity index (χ2n) is 4.25. The van der Waals surface area contributed by atoms with Crippen molar-refractivity contribution >= 4 is 26.7 Å². The fraction of sp³-hybridized carbons (Fsp3) is 0.143. The van der Waals surface area contributed by atoms with Crippen LogP contribution in [0.3, 0.4) is 0 Å². The van der Waals surface area contributed by atoms with Crippen molar-refractivity contribution in [2.75, 3.05) is 5.73 Å². The van der Waals surface area contributed by atoms with Crippen molar-refractivity contribution in [3.8, 4) is 11.1 Å². The molecule has 0 fully saturated rings. The molecule has 2 heterocycles. The van der Waals surface area contributed by atoms with E-state index in [4.69, 9.17) is 5.73 Å². The molecule has 0 saturated carbocycles. The Kier molecular flexibility index (Phi) is 2.52. The van der Waals surface area contributed by atoms with Gasteiger partial charge in [-0.05, 0) is 19.4 Å². The van der Waals surface area contributed by atoms with Crippen molar-refractivity contribution in [2.45, 2.75) is 13.8 Å².